The summed E-state index contributed by atoms with van der Waals surface area (Å²) < 4.78 is 0.992. The zero-order valence-corrected chi connectivity index (χ0v) is 14.2. The maximum absolute atomic E-state index is 2.51. The third-order valence-electron chi connectivity index (χ3n) is 2.36. The van der Waals surface area contributed by atoms with Gasteiger partial charge in [0, 0.05) is 0 Å². The van der Waals surface area contributed by atoms with Crippen LogP contribution in [0.15, 0.2) is 60.7 Å². The van der Waals surface area contributed by atoms with Crippen molar-refractivity contribution in [1.82, 2.24) is 0 Å². The number of hydrogen-bond acceptors (Lipinski definition) is 1. The summed E-state index contributed by atoms with van der Waals surface area (Å²) in [5, 5.41) is 0. The van der Waals surface area contributed by atoms with E-state index in [0.29, 0.717) is 6.51 Å². The van der Waals surface area contributed by atoms with Gasteiger partial charge in [0.1, 0.15) is 0 Å². The van der Waals surface area contributed by atoms with Crippen LogP contribution in [0.2, 0.25) is 0 Å². The Bertz CT molecular complexity index is 401. The molecule has 88 valence electrons. The molecule has 0 spiro atoms. The van der Waals surface area contributed by atoms with Crippen LogP contribution < -0.4 is 0 Å². The minimum Gasteiger partial charge on any atom is -0.124 e. The van der Waals surface area contributed by atoms with Crippen molar-refractivity contribution in [1.29, 1.82) is 0 Å². The average Bonchev–Trinajstić information content (AvgIpc) is 2.40. The number of hydrogen-bond donors (Lipinski definition) is 0. The van der Waals surface area contributed by atoms with Crippen molar-refractivity contribution in [2.45, 2.75) is 6.51 Å². The Kier molecular flexibility index (Phi) is 5.62. The van der Waals surface area contributed by atoms with Crippen LogP contribution in [-0.4, -0.2) is 0 Å². The van der Waals surface area contributed by atoms with Gasteiger partial charge in [0.15, 0.2) is 0 Å². The van der Waals surface area contributed by atoms with E-state index in [1.54, 1.807) is 0 Å². The van der Waals surface area contributed by atoms with Crippen molar-refractivity contribution in [3.05, 3.63) is 71.8 Å². The molecule has 0 N–H and O–H groups in total. The number of thioether (sulfide) groups is 1. The molecule has 2 atom stereocenters. The van der Waals surface area contributed by atoms with Gasteiger partial charge in [-0.2, -0.15) is 0 Å². The van der Waals surface area contributed by atoms with Crippen LogP contribution in [-0.2, 0) is 0 Å². The van der Waals surface area contributed by atoms with Crippen LogP contribution in [0.4, 0.5) is 0 Å². The largest absolute Gasteiger partial charge is 0.124 e. The molecule has 2 aromatic rings. The summed E-state index contributed by atoms with van der Waals surface area (Å²) in [6.07, 6.45) is 0. The third kappa shape index (κ3) is 4.13. The molecule has 0 radical (unpaired) electrons. The number of halogens is 2. The van der Waals surface area contributed by atoms with Crippen LogP contribution in [0.1, 0.15) is 17.6 Å². The van der Waals surface area contributed by atoms with Crippen molar-refractivity contribution in [2.75, 3.05) is 0 Å². The molecular formula is C14H12I2S. The van der Waals surface area contributed by atoms with Gasteiger partial charge in [0.25, 0.3) is 0 Å². The molecule has 0 nitrogen and oxygen atoms in total. The van der Waals surface area contributed by atoms with E-state index in [0.717, 1.165) is 0 Å². The minimum absolute atomic E-state index is 0.496. The highest BCUT2D eigenvalue weighted by Gasteiger charge is 2.14. The first kappa shape index (κ1) is 13.7. The second-order valence-electron chi connectivity index (χ2n) is 3.59. The first-order valence-electron chi connectivity index (χ1n) is 5.31. The van der Waals surface area contributed by atoms with E-state index in [9.17, 15) is 0 Å². The summed E-state index contributed by atoms with van der Waals surface area (Å²) >= 11 is 6.99. The Morgan fingerprint density at radius 1 is 0.647 bits per heavy atom. The van der Waals surface area contributed by atoms with Gasteiger partial charge in [-0.1, -0.05) is 106 Å². The molecule has 0 bridgehead atoms. The molecule has 0 heterocycles. The summed E-state index contributed by atoms with van der Waals surface area (Å²) in [5.74, 6) is 0. The molecule has 0 aliphatic rings. The Morgan fingerprint density at radius 2 is 1.00 bits per heavy atom. The lowest BCUT2D eigenvalue weighted by Gasteiger charge is -2.15. The van der Waals surface area contributed by atoms with Crippen LogP contribution in [0.25, 0.3) is 0 Å². The monoisotopic (exact) mass is 466 g/mol. The fourth-order valence-corrected chi connectivity index (χ4v) is 6.59. The first-order chi connectivity index (χ1) is 8.27. The normalized spacial score (nSPS) is 14.2. The van der Waals surface area contributed by atoms with E-state index < -0.39 is 0 Å². The van der Waals surface area contributed by atoms with Crippen molar-refractivity contribution in [2.24, 2.45) is 0 Å². The van der Waals surface area contributed by atoms with Gasteiger partial charge in [-0.15, -0.1) is 11.8 Å². The SMILES string of the molecule is IC(SC(I)c1ccccc1)c1ccccc1. The topological polar surface area (TPSA) is 0 Å². The smallest absolute Gasteiger partial charge is 0.0827 e. The van der Waals surface area contributed by atoms with Crippen LogP contribution in [0, 0.1) is 0 Å². The minimum atomic E-state index is 0.496. The molecule has 0 amide bonds. The van der Waals surface area contributed by atoms with Gasteiger partial charge in [-0.3, -0.25) is 0 Å². The lowest BCUT2D eigenvalue weighted by Crippen LogP contribution is -1.88. The lowest BCUT2D eigenvalue weighted by atomic mass is 10.2. The summed E-state index contributed by atoms with van der Waals surface area (Å²) in [4.78, 5) is 0. The molecule has 0 saturated carbocycles. The molecular weight excluding hydrogens is 454 g/mol. The fraction of sp³-hybridized carbons (Fsp3) is 0.143. The zero-order valence-electron chi connectivity index (χ0n) is 9.09. The third-order valence-corrected chi connectivity index (χ3v) is 6.58. The molecule has 0 fully saturated rings. The van der Waals surface area contributed by atoms with Gasteiger partial charge in [0.05, 0.1) is 6.51 Å². The summed E-state index contributed by atoms with van der Waals surface area (Å²) in [5.41, 5.74) is 2.77. The molecule has 0 saturated heterocycles. The molecule has 2 aromatic carbocycles. The van der Waals surface area contributed by atoms with Gasteiger partial charge in [0.2, 0.25) is 0 Å². The highest BCUT2D eigenvalue weighted by atomic mass is 127. The first-order valence-corrected chi connectivity index (χ1v) is 8.74. The standard InChI is InChI=1S/C14H12I2S/c15-13(11-7-3-1-4-8-11)17-14(16)12-9-5-2-6-10-12/h1-10,13-14H. The molecule has 17 heavy (non-hydrogen) atoms. The lowest BCUT2D eigenvalue weighted by molar-refractivity contribution is 1.37. The van der Waals surface area contributed by atoms with Gasteiger partial charge < -0.3 is 0 Å². The van der Waals surface area contributed by atoms with Crippen LogP contribution in [0.3, 0.4) is 0 Å². The van der Waals surface area contributed by atoms with Crippen molar-refractivity contribution < 1.29 is 0 Å². The van der Waals surface area contributed by atoms with E-state index in [1.807, 2.05) is 11.8 Å². The van der Waals surface area contributed by atoms with Crippen LogP contribution >= 0.6 is 56.9 Å². The van der Waals surface area contributed by atoms with Crippen LogP contribution in [0.5, 0.6) is 0 Å². The number of benzene rings is 2. The van der Waals surface area contributed by atoms with Crippen molar-refractivity contribution in [3.8, 4) is 0 Å². The Morgan fingerprint density at radius 3 is 1.35 bits per heavy atom. The predicted molar refractivity (Wildman–Crippen MR) is 94.0 cm³/mol. The summed E-state index contributed by atoms with van der Waals surface area (Å²) in [6.45, 7) is 0. The highest BCUT2D eigenvalue weighted by Crippen LogP contribution is 2.47. The molecule has 0 aliphatic heterocycles. The summed E-state index contributed by atoms with van der Waals surface area (Å²) in [7, 11) is 0. The second-order valence-corrected chi connectivity index (χ2v) is 8.99. The van der Waals surface area contributed by atoms with Crippen molar-refractivity contribution in [3.63, 3.8) is 0 Å². The second kappa shape index (κ2) is 6.99. The molecule has 3 heteroatoms. The highest BCUT2D eigenvalue weighted by molar-refractivity contribution is 14.1. The van der Waals surface area contributed by atoms with E-state index >= 15 is 0 Å². The quantitative estimate of drug-likeness (QED) is 0.395. The maximum Gasteiger partial charge on any atom is 0.0827 e. The maximum atomic E-state index is 2.51. The number of rotatable bonds is 4. The molecule has 0 aliphatic carbocycles. The van der Waals surface area contributed by atoms with Gasteiger partial charge in [-0.25, -0.2) is 0 Å². The Hall–Kier alpha value is 0.250. The summed E-state index contributed by atoms with van der Waals surface area (Å²) in [6, 6.07) is 21.3. The van der Waals surface area contributed by atoms with E-state index in [1.165, 1.54) is 11.1 Å². The van der Waals surface area contributed by atoms with Gasteiger partial charge >= 0.3 is 0 Å². The number of alkyl halides is 2. The molecule has 2 unspecified atom stereocenters. The predicted octanol–water partition coefficient (Wildman–Crippen LogP) is 5.99. The Balaban J connectivity index is 2.02. The van der Waals surface area contributed by atoms with Gasteiger partial charge in [-0.05, 0) is 11.1 Å². The fourth-order valence-electron chi connectivity index (χ4n) is 1.47. The van der Waals surface area contributed by atoms with Crippen molar-refractivity contribution >= 4 is 56.9 Å². The van der Waals surface area contributed by atoms with E-state index in [2.05, 4.69) is 106 Å². The average molecular weight is 466 g/mol. The van der Waals surface area contributed by atoms with E-state index in [4.69, 9.17) is 0 Å². The Labute approximate surface area is 134 Å². The molecule has 2 rings (SSSR count). The molecule has 0 aromatic heterocycles. The zero-order chi connectivity index (χ0) is 12.1. The van der Waals surface area contributed by atoms with E-state index in [-0.39, 0.29) is 0 Å².